The number of benzene rings is 3. The van der Waals surface area contributed by atoms with E-state index in [4.69, 9.17) is 5.73 Å². The van der Waals surface area contributed by atoms with Crippen LogP contribution < -0.4 is 11.1 Å². The van der Waals surface area contributed by atoms with Crippen molar-refractivity contribution >= 4 is 21.5 Å². The Morgan fingerprint density at radius 3 is 2.51 bits per heavy atom. The first-order chi connectivity index (χ1) is 16.7. The monoisotopic (exact) mass is 486 g/mol. The lowest BCUT2D eigenvalue weighted by Crippen LogP contribution is -2.35. The number of sulfone groups is 1. The van der Waals surface area contributed by atoms with E-state index in [2.05, 4.69) is 10.3 Å². The molecule has 0 radical (unpaired) electrons. The molecule has 176 valence electrons. The number of nitrogens with zero attached hydrogens (tertiary/aromatic N) is 2. The van der Waals surface area contributed by atoms with Crippen molar-refractivity contribution in [1.29, 1.82) is 0 Å². The van der Waals surface area contributed by atoms with Gasteiger partial charge in [0.1, 0.15) is 12.0 Å². The van der Waals surface area contributed by atoms with E-state index in [0.717, 1.165) is 11.1 Å². The van der Waals surface area contributed by atoms with Crippen LogP contribution in [0.5, 0.6) is 0 Å². The summed E-state index contributed by atoms with van der Waals surface area (Å²) in [6, 6.07) is 20.2. The minimum atomic E-state index is -3.39. The van der Waals surface area contributed by atoms with Crippen molar-refractivity contribution in [2.75, 3.05) is 6.26 Å². The Morgan fingerprint density at radius 1 is 1.06 bits per heavy atom. The number of nitrogens with two attached hydrogens (primary N) is 1. The van der Waals surface area contributed by atoms with Gasteiger partial charge < -0.3 is 5.73 Å². The van der Waals surface area contributed by atoms with Gasteiger partial charge in [0.2, 0.25) is 11.7 Å². The first-order valence-electron chi connectivity index (χ1n) is 10.9. The number of carbonyl (C=O) groups excluding carboxylic acids is 2. The van der Waals surface area contributed by atoms with Gasteiger partial charge in [0.05, 0.1) is 16.6 Å². The molecule has 0 saturated carbocycles. The molecule has 1 atom stereocenters. The lowest BCUT2D eigenvalue weighted by atomic mass is 9.94. The summed E-state index contributed by atoms with van der Waals surface area (Å²) >= 11 is 0. The number of hydrogen-bond donors (Lipinski definition) is 2. The van der Waals surface area contributed by atoms with Crippen LogP contribution in [-0.2, 0) is 16.4 Å². The lowest BCUT2D eigenvalue weighted by Gasteiger charge is -2.24. The predicted molar refractivity (Wildman–Crippen MR) is 131 cm³/mol. The maximum absolute atomic E-state index is 13.5. The van der Waals surface area contributed by atoms with E-state index in [0.29, 0.717) is 34.7 Å². The Hall–Kier alpha value is -4.08. The van der Waals surface area contributed by atoms with Crippen LogP contribution in [0.15, 0.2) is 84.0 Å². The molecule has 4 aromatic rings. The second kappa shape index (κ2) is 8.61. The van der Waals surface area contributed by atoms with Crippen molar-refractivity contribution in [2.45, 2.75) is 17.5 Å². The lowest BCUT2D eigenvalue weighted by molar-refractivity contribution is 0.0922. The zero-order valence-electron chi connectivity index (χ0n) is 18.8. The van der Waals surface area contributed by atoms with Crippen LogP contribution >= 0.6 is 0 Å². The van der Waals surface area contributed by atoms with Gasteiger partial charge in [0.15, 0.2) is 9.84 Å². The Balaban J connectivity index is 1.48. The number of rotatable bonds is 5. The van der Waals surface area contributed by atoms with E-state index in [1.807, 2.05) is 24.3 Å². The van der Waals surface area contributed by atoms with E-state index in [9.17, 15) is 18.0 Å². The Bertz CT molecular complexity index is 1570. The van der Waals surface area contributed by atoms with Crippen LogP contribution in [0.3, 0.4) is 0 Å². The second-order valence-corrected chi connectivity index (χ2v) is 10.4. The third kappa shape index (κ3) is 4.16. The number of nitrogens with one attached hydrogen (secondary N) is 1. The molecule has 0 saturated heterocycles. The summed E-state index contributed by atoms with van der Waals surface area (Å²) in [5.74, 6) is -0.707. The van der Waals surface area contributed by atoms with Crippen molar-refractivity contribution in [1.82, 2.24) is 14.9 Å². The summed E-state index contributed by atoms with van der Waals surface area (Å²) in [5, 5.41) is 3.24. The quantitative estimate of drug-likeness (QED) is 0.447. The highest BCUT2D eigenvalue weighted by molar-refractivity contribution is 7.90. The van der Waals surface area contributed by atoms with Crippen LogP contribution in [0.1, 0.15) is 38.1 Å². The Morgan fingerprint density at radius 2 is 1.80 bits per heavy atom. The normalized spacial score (nSPS) is 15.6. The van der Waals surface area contributed by atoms with Crippen molar-refractivity contribution < 1.29 is 18.0 Å². The van der Waals surface area contributed by atoms with Crippen LogP contribution in [0.4, 0.5) is 0 Å². The molecule has 1 aliphatic rings. The van der Waals surface area contributed by atoms with Gasteiger partial charge in [-0.1, -0.05) is 48.5 Å². The summed E-state index contributed by atoms with van der Waals surface area (Å²) < 4.78 is 26.1. The summed E-state index contributed by atoms with van der Waals surface area (Å²) in [5.41, 5.74) is 9.54. The average molecular weight is 487 g/mol. The van der Waals surface area contributed by atoms with E-state index in [1.165, 1.54) is 6.26 Å². The van der Waals surface area contributed by atoms with E-state index >= 15 is 0 Å². The van der Waals surface area contributed by atoms with Gasteiger partial charge in [-0.2, -0.15) is 0 Å². The van der Waals surface area contributed by atoms with Crippen LogP contribution in [0.2, 0.25) is 0 Å². The molecular weight excluding hydrogens is 464 g/mol. The fraction of sp³-hybridized carbons (Fsp3) is 0.115. The third-order valence-corrected chi connectivity index (χ3v) is 7.22. The van der Waals surface area contributed by atoms with Crippen molar-refractivity contribution in [2.24, 2.45) is 5.73 Å². The molecule has 1 amide bonds. The van der Waals surface area contributed by atoms with Gasteiger partial charge in [-0.05, 0) is 35.4 Å². The molecule has 1 unspecified atom stereocenters. The first kappa shape index (κ1) is 22.7. The van der Waals surface area contributed by atoms with E-state index < -0.39 is 21.8 Å². The molecule has 1 aliphatic heterocycles. The number of primary amides is 1. The number of hydrogen-bond acceptors (Lipinski definition) is 6. The van der Waals surface area contributed by atoms with Crippen molar-refractivity contribution in [3.63, 3.8) is 0 Å². The molecular formula is C26H22N4O4S. The average Bonchev–Trinajstić information content (AvgIpc) is 3.29. The number of fused-ring (bicyclic) bond motifs is 1. The number of carbonyl (C=O) groups is 2. The molecule has 0 spiro atoms. The summed E-state index contributed by atoms with van der Waals surface area (Å²) in [4.78, 5) is 29.8. The number of ketones is 1. The highest BCUT2D eigenvalue weighted by atomic mass is 32.2. The molecule has 35 heavy (non-hydrogen) atoms. The summed E-state index contributed by atoms with van der Waals surface area (Å²) in [7, 11) is -3.39. The van der Waals surface area contributed by atoms with Crippen LogP contribution in [0, 0.1) is 0 Å². The fourth-order valence-electron chi connectivity index (χ4n) is 4.36. The van der Waals surface area contributed by atoms with Crippen molar-refractivity contribution in [3.8, 4) is 16.8 Å². The molecule has 3 aromatic carbocycles. The van der Waals surface area contributed by atoms with Gasteiger partial charge in [-0.25, -0.2) is 13.4 Å². The maximum Gasteiger partial charge on any atom is 0.248 e. The zero-order chi connectivity index (χ0) is 24.7. The van der Waals surface area contributed by atoms with Gasteiger partial charge in [-0.3, -0.25) is 19.5 Å². The second-order valence-electron chi connectivity index (χ2n) is 8.39. The van der Waals surface area contributed by atoms with E-state index in [-0.39, 0.29) is 10.7 Å². The third-order valence-electron chi connectivity index (χ3n) is 6.06. The van der Waals surface area contributed by atoms with E-state index in [1.54, 1.807) is 59.4 Å². The van der Waals surface area contributed by atoms with Gasteiger partial charge >= 0.3 is 0 Å². The molecule has 9 heteroatoms. The van der Waals surface area contributed by atoms with Gasteiger partial charge in [-0.15, -0.1) is 0 Å². The van der Waals surface area contributed by atoms with Gasteiger partial charge in [0, 0.05) is 29.6 Å². The summed E-state index contributed by atoms with van der Waals surface area (Å²) in [6.45, 7) is 0.396. The van der Waals surface area contributed by atoms with Crippen LogP contribution in [-0.4, -0.2) is 35.9 Å². The molecule has 5 rings (SSSR count). The molecule has 0 bridgehead atoms. The Kier molecular flexibility index (Phi) is 5.58. The minimum Gasteiger partial charge on any atom is -0.366 e. The number of imidazole rings is 1. The predicted octanol–water partition coefficient (Wildman–Crippen LogP) is 3.07. The maximum atomic E-state index is 13.5. The first-order valence-corrected chi connectivity index (χ1v) is 12.8. The largest absolute Gasteiger partial charge is 0.366 e. The zero-order valence-corrected chi connectivity index (χ0v) is 19.6. The SMILES string of the molecule is CS(=O)(=O)c1ccccc1-c1ccc(C2NCc3ncn(-c4cccc(C(N)=O)c4)c3C2=O)cc1. The molecule has 8 nitrogen and oxygen atoms in total. The smallest absolute Gasteiger partial charge is 0.248 e. The fourth-order valence-corrected chi connectivity index (χ4v) is 5.27. The standard InChI is InChI=1S/C26H22N4O4S/c1-35(33,34)22-8-3-2-7-20(22)16-9-11-17(12-10-16)23-25(31)24-21(14-28-23)29-15-30(24)19-6-4-5-18(13-19)26(27)32/h2-13,15,23,28H,14H2,1H3,(H2,27,32). The topological polar surface area (TPSA) is 124 Å². The number of amides is 1. The highest BCUT2D eigenvalue weighted by Gasteiger charge is 2.32. The summed E-state index contributed by atoms with van der Waals surface area (Å²) in [6.07, 6.45) is 2.75. The minimum absolute atomic E-state index is 0.155. The molecule has 0 aliphatic carbocycles. The van der Waals surface area contributed by atoms with Crippen molar-refractivity contribution in [3.05, 3.63) is 102 Å². The van der Waals surface area contributed by atoms with Crippen LogP contribution in [0.25, 0.3) is 16.8 Å². The molecule has 1 aromatic heterocycles. The molecule has 2 heterocycles. The molecule has 3 N–H and O–H groups in total. The van der Waals surface area contributed by atoms with Gasteiger partial charge in [0.25, 0.3) is 0 Å². The molecule has 0 fully saturated rings. The number of Topliss-reactive ketones (excluding diaryl/α,β-unsaturated/α-hetero) is 1. The highest BCUT2D eigenvalue weighted by Crippen LogP contribution is 2.31. The Labute approximate surface area is 202 Å². The number of aromatic nitrogens is 2.